The topological polar surface area (TPSA) is 79.5 Å². The molecule has 6 nitrogen and oxygen atoms in total. The van der Waals surface area contributed by atoms with Crippen LogP contribution in [0.5, 0.6) is 0 Å². The zero-order valence-electron chi connectivity index (χ0n) is 15.4. The molecule has 1 rings (SSSR count). The molecule has 0 fully saturated rings. The molecule has 0 aliphatic rings. The summed E-state index contributed by atoms with van der Waals surface area (Å²) in [6.07, 6.45) is -5.33. The van der Waals surface area contributed by atoms with E-state index in [1.54, 1.807) is 27.7 Å². The van der Waals surface area contributed by atoms with Gasteiger partial charge in [-0.3, -0.25) is 4.79 Å². The molecular weight excluding hydrogens is 351 g/mol. The van der Waals surface area contributed by atoms with Gasteiger partial charge in [0.05, 0.1) is 16.9 Å². The van der Waals surface area contributed by atoms with Crippen LogP contribution in [-0.2, 0) is 15.7 Å². The average Bonchev–Trinajstić information content (AvgIpc) is 2.45. The van der Waals surface area contributed by atoms with Gasteiger partial charge in [0.25, 0.3) is 0 Å². The lowest BCUT2D eigenvalue weighted by Gasteiger charge is -2.22. The molecule has 0 heterocycles. The molecule has 0 bridgehead atoms. The molecule has 146 valence electrons. The summed E-state index contributed by atoms with van der Waals surface area (Å²) in [7, 11) is 0. The van der Waals surface area contributed by atoms with E-state index in [4.69, 9.17) is 4.74 Å². The molecule has 0 aliphatic heterocycles. The van der Waals surface area contributed by atoms with E-state index in [0.29, 0.717) is 12.2 Å². The number of hydrogen-bond donors (Lipinski definition) is 3. The molecule has 0 radical (unpaired) electrons. The SMILES string of the molecule is CCNc1ccc(C(F)(F)F)cc1NC(=O)C(C)NC(=O)OC(C)(C)C. The fourth-order valence-corrected chi connectivity index (χ4v) is 1.96. The maximum absolute atomic E-state index is 12.9. The summed E-state index contributed by atoms with van der Waals surface area (Å²) < 4.78 is 43.8. The van der Waals surface area contributed by atoms with Crippen molar-refractivity contribution in [3.8, 4) is 0 Å². The van der Waals surface area contributed by atoms with Crippen LogP contribution in [-0.4, -0.2) is 30.2 Å². The highest BCUT2D eigenvalue weighted by atomic mass is 19.4. The van der Waals surface area contributed by atoms with Gasteiger partial charge in [-0.05, 0) is 52.8 Å². The van der Waals surface area contributed by atoms with Gasteiger partial charge in [0.1, 0.15) is 11.6 Å². The van der Waals surface area contributed by atoms with E-state index in [1.165, 1.54) is 13.0 Å². The Morgan fingerprint density at radius 1 is 1.15 bits per heavy atom. The third-order valence-corrected chi connectivity index (χ3v) is 3.10. The number of halogens is 3. The lowest BCUT2D eigenvalue weighted by molar-refractivity contribution is -0.137. The van der Waals surface area contributed by atoms with Gasteiger partial charge >= 0.3 is 12.3 Å². The Bertz CT molecular complexity index is 655. The molecule has 1 unspecified atom stereocenters. The molecule has 1 aromatic rings. The number of alkyl carbamates (subject to hydrolysis) is 1. The summed E-state index contributed by atoms with van der Waals surface area (Å²) in [4.78, 5) is 23.9. The van der Waals surface area contributed by atoms with Crippen molar-refractivity contribution in [1.82, 2.24) is 5.32 Å². The number of benzene rings is 1. The first-order chi connectivity index (χ1) is 11.8. The van der Waals surface area contributed by atoms with E-state index in [2.05, 4.69) is 16.0 Å². The lowest BCUT2D eigenvalue weighted by Crippen LogP contribution is -2.44. The first-order valence-electron chi connectivity index (χ1n) is 8.09. The van der Waals surface area contributed by atoms with Gasteiger partial charge in [-0.1, -0.05) is 0 Å². The standard InChI is InChI=1S/C17H24F3N3O3/c1-6-21-12-8-7-11(17(18,19)20)9-13(12)23-14(24)10(2)22-15(25)26-16(3,4)5/h7-10,21H,6H2,1-5H3,(H,22,25)(H,23,24). The molecule has 0 saturated heterocycles. The Morgan fingerprint density at radius 3 is 2.27 bits per heavy atom. The molecule has 9 heteroatoms. The smallest absolute Gasteiger partial charge is 0.416 e. The number of rotatable bonds is 5. The summed E-state index contributed by atoms with van der Waals surface area (Å²) in [6, 6.07) is 2.01. The molecule has 1 aromatic carbocycles. The normalized spacial score (nSPS) is 12.9. The van der Waals surface area contributed by atoms with E-state index < -0.39 is 35.4 Å². The number of carbonyl (C=O) groups is 2. The maximum atomic E-state index is 12.9. The molecule has 3 N–H and O–H groups in total. The first-order valence-corrected chi connectivity index (χ1v) is 8.09. The lowest BCUT2D eigenvalue weighted by atomic mass is 10.1. The number of ether oxygens (including phenoxy) is 1. The van der Waals surface area contributed by atoms with Crippen LogP contribution in [0.3, 0.4) is 0 Å². The summed E-state index contributed by atoms with van der Waals surface area (Å²) in [5, 5.41) is 7.62. The van der Waals surface area contributed by atoms with Gasteiger partial charge in [-0.25, -0.2) is 4.79 Å². The molecule has 1 atom stereocenters. The Labute approximate surface area is 150 Å². The number of anilines is 2. The van der Waals surface area contributed by atoms with Crippen LogP contribution in [0.2, 0.25) is 0 Å². The van der Waals surface area contributed by atoms with Crippen LogP contribution in [0.1, 0.15) is 40.2 Å². The highest BCUT2D eigenvalue weighted by molar-refractivity contribution is 5.98. The Balaban J connectivity index is 2.91. The van der Waals surface area contributed by atoms with Crippen molar-refractivity contribution in [3.63, 3.8) is 0 Å². The number of carbonyl (C=O) groups excluding carboxylic acids is 2. The van der Waals surface area contributed by atoms with Crippen LogP contribution in [0.15, 0.2) is 18.2 Å². The summed E-state index contributed by atoms with van der Waals surface area (Å²) in [5.41, 5.74) is -1.30. The quantitative estimate of drug-likeness (QED) is 0.727. The second-order valence-electron chi connectivity index (χ2n) is 6.65. The van der Waals surface area contributed by atoms with Gasteiger partial charge in [0, 0.05) is 6.54 Å². The van der Waals surface area contributed by atoms with Crippen LogP contribution < -0.4 is 16.0 Å². The van der Waals surface area contributed by atoms with Gasteiger partial charge in [0.2, 0.25) is 5.91 Å². The summed E-state index contributed by atoms with van der Waals surface area (Å²) in [6.45, 7) is 8.64. The fraction of sp³-hybridized carbons (Fsp3) is 0.529. The van der Waals surface area contributed by atoms with Gasteiger partial charge in [-0.15, -0.1) is 0 Å². The van der Waals surface area contributed by atoms with Crippen molar-refractivity contribution in [3.05, 3.63) is 23.8 Å². The molecular formula is C17H24F3N3O3. The van der Waals surface area contributed by atoms with Crippen molar-refractivity contribution in [2.75, 3.05) is 17.2 Å². The van der Waals surface area contributed by atoms with Crippen molar-refractivity contribution in [2.45, 2.75) is 52.4 Å². The van der Waals surface area contributed by atoms with Crippen molar-refractivity contribution >= 4 is 23.4 Å². The maximum Gasteiger partial charge on any atom is 0.416 e. The first kappa shape index (κ1) is 21.6. The van der Waals surface area contributed by atoms with Gasteiger partial charge < -0.3 is 20.7 Å². The Hall–Kier alpha value is -2.45. The van der Waals surface area contributed by atoms with E-state index >= 15 is 0 Å². The predicted octanol–water partition coefficient (Wildman–Crippen LogP) is 3.99. The monoisotopic (exact) mass is 375 g/mol. The molecule has 0 aliphatic carbocycles. The van der Waals surface area contributed by atoms with E-state index in [9.17, 15) is 22.8 Å². The molecule has 26 heavy (non-hydrogen) atoms. The largest absolute Gasteiger partial charge is 0.444 e. The van der Waals surface area contributed by atoms with Crippen molar-refractivity contribution < 1.29 is 27.5 Å². The third-order valence-electron chi connectivity index (χ3n) is 3.10. The predicted molar refractivity (Wildman–Crippen MR) is 93.1 cm³/mol. The minimum absolute atomic E-state index is 0.0236. The molecule has 0 saturated carbocycles. The van der Waals surface area contributed by atoms with Crippen LogP contribution in [0.25, 0.3) is 0 Å². The molecule has 0 spiro atoms. The minimum atomic E-state index is -4.54. The zero-order valence-corrected chi connectivity index (χ0v) is 15.4. The van der Waals surface area contributed by atoms with E-state index in [1.807, 2.05) is 0 Å². The number of amides is 2. The Kier molecular flexibility index (Phi) is 6.88. The van der Waals surface area contributed by atoms with Crippen LogP contribution >= 0.6 is 0 Å². The number of hydrogen-bond acceptors (Lipinski definition) is 4. The Morgan fingerprint density at radius 2 is 1.77 bits per heavy atom. The number of nitrogens with one attached hydrogen (secondary N) is 3. The highest BCUT2D eigenvalue weighted by Crippen LogP contribution is 2.34. The zero-order chi connectivity index (χ0) is 20.1. The molecule has 0 aromatic heterocycles. The van der Waals surface area contributed by atoms with Gasteiger partial charge in [0.15, 0.2) is 0 Å². The average molecular weight is 375 g/mol. The summed E-state index contributed by atoms with van der Waals surface area (Å²) in [5.74, 6) is -0.672. The highest BCUT2D eigenvalue weighted by Gasteiger charge is 2.31. The van der Waals surface area contributed by atoms with Gasteiger partial charge in [-0.2, -0.15) is 13.2 Å². The van der Waals surface area contributed by atoms with Crippen molar-refractivity contribution in [2.24, 2.45) is 0 Å². The van der Waals surface area contributed by atoms with Crippen LogP contribution in [0.4, 0.5) is 29.3 Å². The minimum Gasteiger partial charge on any atom is -0.444 e. The second-order valence-corrected chi connectivity index (χ2v) is 6.65. The fourth-order valence-electron chi connectivity index (χ4n) is 1.96. The second kappa shape index (κ2) is 8.29. The van der Waals surface area contributed by atoms with Crippen LogP contribution in [0, 0.1) is 0 Å². The molecule has 2 amide bonds. The third kappa shape index (κ3) is 6.81. The van der Waals surface area contributed by atoms with Crippen molar-refractivity contribution in [1.29, 1.82) is 0 Å². The van der Waals surface area contributed by atoms with E-state index in [0.717, 1.165) is 12.1 Å². The van der Waals surface area contributed by atoms with E-state index in [-0.39, 0.29) is 5.69 Å². The number of alkyl halides is 3. The summed E-state index contributed by atoms with van der Waals surface area (Å²) >= 11 is 0.